The third kappa shape index (κ3) is 5.40. The molecule has 3 aromatic carbocycles. The van der Waals surface area contributed by atoms with Gasteiger partial charge in [0.05, 0.1) is 33.3 Å². The van der Waals surface area contributed by atoms with Crippen LogP contribution in [0.2, 0.25) is 0 Å². The van der Waals surface area contributed by atoms with Gasteiger partial charge in [-0.2, -0.15) is 0 Å². The Bertz CT molecular complexity index is 1460. The van der Waals surface area contributed by atoms with E-state index in [9.17, 15) is 19.8 Å². The molecule has 178 valence electrons. The summed E-state index contributed by atoms with van der Waals surface area (Å²) in [5, 5.41) is 20.3. The summed E-state index contributed by atoms with van der Waals surface area (Å²) in [4.78, 5) is 32.3. The first-order valence-electron chi connectivity index (χ1n) is 11.1. The molecule has 36 heavy (non-hydrogen) atoms. The predicted molar refractivity (Wildman–Crippen MR) is 146 cm³/mol. The minimum atomic E-state index is -0.922. The Morgan fingerprint density at radius 2 is 1.03 bits per heavy atom. The van der Waals surface area contributed by atoms with E-state index in [0.717, 1.165) is 31.6 Å². The molecule has 0 atom stereocenters. The number of nitrogens with zero attached hydrogens (tertiary/aromatic N) is 2. The van der Waals surface area contributed by atoms with E-state index < -0.39 is 11.9 Å². The van der Waals surface area contributed by atoms with E-state index in [1.807, 2.05) is 84.9 Å². The van der Waals surface area contributed by atoms with Crippen LogP contribution in [0.1, 0.15) is 34.0 Å². The summed E-state index contributed by atoms with van der Waals surface area (Å²) < 4.78 is 2.01. The maximum atomic E-state index is 11.5. The summed E-state index contributed by atoms with van der Waals surface area (Å²) >= 11 is 2.94. The second kappa shape index (κ2) is 10.2. The van der Waals surface area contributed by atoms with Gasteiger partial charge in [-0.1, -0.05) is 48.5 Å². The molecule has 0 aliphatic carbocycles. The molecule has 0 amide bonds. The summed E-state index contributed by atoms with van der Waals surface area (Å²) in [6.07, 6.45) is 3.40. The van der Waals surface area contributed by atoms with E-state index in [0.29, 0.717) is 21.2 Å². The van der Waals surface area contributed by atoms with Crippen molar-refractivity contribution in [1.82, 2.24) is 9.97 Å². The monoisotopic (exact) mass is 512 g/mol. The molecule has 0 fully saturated rings. The molecule has 2 aromatic heterocycles. The second-order valence-corrected chi connectivity index (χ2v) is 10.2. The van der Waals surface area contributed by atoms with E-state index in [1.165, 1.54) is 22.7 Å². The van der Waals surface area contributed by atoms with Crippen LogP contribution in [-0.4, -0.2) is 32.1 Å². The van der Waals surface area contributed by atoms with E-state index in [2.05, 4.69) is 9.97 Å². The fourth-order valence-electron chi connectivity index (χ4n) is 3.81. The van der Waals surface area contributed by atoms with Crippen LogP contribution in [0.25, 0.3) is 43.7 Å². The summed E-state index contributed by atoms with van der Waals surface area (Å²) in [6.45, 7) is 0. The third-order valence-corrected chi connectivity index (χ3v) is 7.66. The number of benzene rings is 3. The molecular formula is C28H20N2O4S2. The Morgan fingerprint density at radius 1 is 0.639 bits per heavy atom. The molecule has 0 saturated carbocycles. The largest absolute Gasteiger partial charge is 0.481 e. The number of fused-ring (bicyclic) bond motifs is 2. The van der Waals surface area contributed by atoms with E-state index in [-0.39, 0.29) is 12.8 Å². The molecule has 5 aromatic rings. The molecule has 0 bridgehead atoms. The molecule has 0 radical (unpaired) electrons. The number of carboxylic acids is 2. The third-order valence-electron chi connectivity index (χ3n) is 5.44. The first-order valence-corrected chi connectivity index (χ1v) is 12.7. The molecule has 0 spiro atoms. The van der Waals surface area contributed by atoms with Crippen LogP contribution in [0, 0.1) is 0 Å². The van der Waals surface area contributed by atoms with Crippen LogP contribution in [0.3, 0.4) is 0 Å². The van der Waals surface area contributed by atoms with Crippen molar-refractivity contribution >= 4 is 78.3 Å². The van der Waals surface area contributed by atoms with Gasteiger partial charge in [0.25, 0.3) is 0 Å². The van der Waals surface area contributed by atoms with Gasteiger partial charge >= 0.3 is 11.9 Å². The molecule has 0 aliphatic heterocycles. The Hall–Kier alpha value is -4.14. The van der Waals surface area contributed by atoms with Crippen molar-refractivity contribution < 1.29 is 19.8 Å². The van der Waals surface area contributed by atoms with Crippen molar-refractivity contribution in [2.45, 2.75) is 12.8 Å². The number of hydrogen-bond acceptors (Lipinski definition) is 6. The van der Waals surface area contributed by atoms with Crippen molar-refractivity contribution in [2.75, 3.05) is 0 Å². The quantitative estimate of drug-likeness (QED) is 0.234. The highest BCUT2D eigenvalue weighted by Crippen LogP contribution is 2.32. The fourth-order valence-corrected chi connectivity index (χ4v) is 5.77. The smallest absolute Gasteiger partial charge is 0.307 e. The van der Waals surface area contributed by atoms with Crippen molar-refractivity contribution in [3.63, 3.8) is 0 Å². The summed E-state index contributed by atoms with van der Waals surface area (Å²) in [5.41, 5.74) is 4.62. The predicted octanol–water partition coefficient (Wildman–Crippen LogP) is 6.94. The maximum absolute atomic E-state index is 11.5. The normalized spacial score (nSPS) is 12.3. The molecule has 0 saturated heterocycles. The highest BCUT2D eigenvalue weighted by atomic mass is 32.1. The molecule has 6 nitrogen and oxygen atoms in total. The van der Waals surface area contributed by atoms with E-state index in [4.69, 9.17) is 0 Å². The molecular weight excluding hydrogens is 492 g/mol. The number of aromatic nitrogens is 2. The van der Waals surface area contributed by atoms with Crippen LogP contribution in [0.4, 0.5) is 0 Å². The Labute approximate surface area is 214 Å². The van der Waals surface area contributed by atoms with Gasteiger partial charge in [0, 0.05) is 0 Å². The number of aliphatic carboxylic acids is 2. The van der Waals surface area contributed by atoms with Crippen molar-refractivity contribution in [1.29, 1.82) is 0 Å². The standard InChI is InChI=1S/C28H20N2O4S2/c31-25(32)15-19(27-29-21-5-1-3-7-23(21)35-27)13-17-9-11-18(12-10-17)14-20(16-26(33)34)28-30-22-6-2-4-8-24(22)36-28/h1-14H,15-16H2,(H,31,32)(H,33,34)/b19-13+,20-14+. The van der Waals surface area contributed by atoms with Gasteiger partial charge in [0.1, 0.15) is 10.0 Å². The fraction of sp³-hybridized carbons (Fsp3) is 0.0714. The lowest BCUT2D eigenvalue weighted by Crippen LogP contribution is -1.97. The zero-order valence-electron chi connectivity index (χ0n) is 18.9. The zero-order valence-corrected chi connectivity index (χ0v) is 20.6. The number of para-hydroxylation sites is 2. The van der Waals surface area contributed by atoms with Gasteiger partial charge in [-0.05, 0) is 58.7 Å². The van der Waals surface area contributed by atoms with Crippen LogP contribution in [0.15, 0.2) is 72.8 Å². The molecule has 0 aliphatic rings. The van der Waals surface area contributed by atoms with Crippen LogP contribution < -0.4 is 0 Å². The minimum absolute atomic E-state index is 0.137. The van der Waals surface area contributed by atoms with Crippen molar-refractivity contribution in [2.24, 2.45) is 0 Å². The topological polar surface area (TPSA) is 100 Å². The van der Waals surface area contributed by atoms with Crippen molar-refractivity contribution in [3.05, 3.63) is 93.9 Å². The molecule has 2 N–H and O–H groups in total. The van der Waals surface area contributed by atoms with E-state index >= 15 is 0 Å². The maximum Gasteiger partial charge on any atom is 0.307 e. The van der Waals surface area contributed by atoms with Gasteiger partial charge in [0.2, 0.25) is 0 Å². The highest BCUT2D eigenvalue weighted by molar-refractivity contribution is 7.20. The first kappa shape index (κ1) is 23.6. The Kier molecular flexibility index (Phi) is 6.71. The van der Waals surface area contributed by atoms with Crippen LogP contribution >= 0.6 is 22.7 Å². The second-order valence-electron chi connectivity index (χ2n) is 8.12. The average molecular weight is 513 g/mol. The van der Waals surface area contributed by atoms with Gasteiger partial charge < -0.3 is 10.2 Å². The molecule has 8 heteroatoms. The minimum Gasteiger partial charge on any atom is -0.481 e. The molecule has 2 heterocycles. The average Bonchev–Trinajstić information content (AvgIpc) is 3.48. The number of thiazole rings is 2. The lowest BCUT2D eigenvalue weighted by molar-refractivity contribution is -0.136. The van der Waals surface area contributed by atoms with Gasteiger partial charge in [-0.15, -0.1) is 22.7 Å². The van der Waals surface area contributed by atoms with Crippen LogP contribution in [0.5, 0.6) is 0 Å². The van der Waals surface area contributed by atoms with Crippen LogP contribution in [-0.2, 0) is 9.59 Å². The van der Waals surface area contributed by atoms with Gasteiger partial charge in [-0.25, -0.2) is 9.97 Å². The van der Waals surface area contributed by atoms with Gasteiger partial charge in [-0.3, -0.25) is 9.59 Å². The number of carbonyl (C=O) groups is 2. The van der Waals surface area contributed by atoms with Crippen molar-refractivity contribution in [3.8, 4) is 0 Å². The summed E-state index contributed by atoms with van der Waals surface area (Å²) in [6, 6.07) is 23.0. The zero-order chi connectivity index (χ0) is 25.1. The SMILES string of the molecule is O=C(O)C/C(=C\c1ccc(/C=C(\CC(=O)O)c2nc3ccccc3s2)cc1)c1nc2ccccc2s1. The number of hydrogen-bond donors (Lipinski definition) is 2. The Morgan fingerprint density at radius 3 is 1.39 bits per heavy atom. The Balaban J connectivity index is 1.47. The number of carboxylic acid groups (broad SMARTS) is 2. The highest BCUT2D eigenvalue weighted by Gasteiger charge is 2.14. The number of rotatable bonds is 8. The summed E-state index contributed by atoms with van der Waals surface area (Å²) in [5.74, 6) is -1.84. The lowest BCUT2D eigenvalue weighted by atomic mass is 10.0. The molecule has 5 rings (SSSR count). The lowest BCUT2D eigenvalue weighted by Gasteiger charge is -2.04. The molecule has 0 unspecified atom stereocenters. The van der Waals surface area contributed by atoms with E-state index in [1.54, 1.807) is 0 Å². The summed E-state index contributed by atoms with van der Waals surface area (Å²) in [7, 11) is 0. The first-order chi connectivity index (χ1) is 17.4. The van der Waals surface area contributed by atoms with Gasteiger partial charge in [0.15, 0.2) is 0 Å².